The van der Waals surface area contributed by atoms with Crippen LogP contribution in [-0.4, -0.2) is 19.1 Å². The van der Waals surface area contributed by atoms with Gasteiger partial charge in [-0.3, -0.25) is 4.79 Å². The molecule has 1 heterocycles. The van der Waals surface area contributed by atoms with Gasteiger partial charge in [0.25, 0.3) is 0 Å². The molecule has 0 fully saturated rings. The van der Waals surface area contributed by atoms with Crippen molar-refractivity contribution in [1.82, 2.24) is 0 Å². The highest BCUT2D eigenvalue weighted by molar-refractivity contribution is 5.96. The Kier molecular flexibility index (Phi) is 2.49. The molecule has 0 saturated heterocycles. The Hall–Kier alpha value is -1.71. The lowest BCUT2D eigenvalue weighted by atomic mass is 10.2. The zero-order valence-electron chi connectivity index (χ0n) is 8.83. The average molecular weight is 206 g/mol. The van der Waals surface area contributed by atoms with Crippen LogP contribution in [0.3, 0.4) is 0 Å². The number of benzene rings is 1. The molecule has 1 aliphatic heterocycles. The lowest BCUT2D eigenvalue weighted by molar-refractivity contribution is -0.116. The van der Waals surface area contributed by atoms with Crippen LogP contribution in [0, 0.1) is 0 Å². The summed E-state index contributed by atoms with van der Waals surface area (Å²) in [5.41, 5.74) is 1.72. The number of carbonyl (C=O) groups is 1. The SMILES string of the molecule is COc1ccc2c(c1)NC(C)CC(=O)N2. The molecule has 1 unspecified atom stereocenters. The Labute approximate surface area is 88.6 Å². The topological polar surface area (TPSA) is 50.4 Å². The highest BCUT2D eigenvalue weighted by Gasteiger charge is 2.17. The number of amides is 1. The standard InChI is InChI=1S/C11H14N2O2/c1-7-5-11(14)13-9-4-3-8(15-2)6-10(9)12-7/h3-4,6-7,12H,5H2,1-2H3,(H,13,14). The van der Waals surface area contributed by atoms with Crippen molar-refractivity contribution < 1.29 is 9.53 Å². The number of rotatable bonds is 1. The molecule has 1 amide bonds. The summed E-state index contributed by atoms with van der Waals surface area (Å²) >= 11 is 0. The van der Waals surface area contributed by atoms with E-state index in [1.54, 1.807) is 7.11 Å². The molecule has 80 valence electrons. The van der Waals surface area contributed by atoms with E-state index in [1.807, 2.05) is 25.1 Å². The van der Waals surface area contributed by atoms with Crippen LogP contribution >= 0.6 is 0 Å². The summed E-state index contributed by atoms with van der Waals surface area (Å²) < 4.78 is 5.13. The van der Waals surface area contributed by atoms with Crippen LogP contribution in [0.2, 0.25) is 0 Å². The molecule has 0 aliphatic carbocycles. The molecule has 15 heavy (non-hydrogen) atoms. The first-order chi connectivity index (χ1) is 7.19. The van der Waals surface area contributed by atoms with Crippen molar-refractivity contribution in [3.63, 3.8) is 0 Å². The van der Waals surface area contributed by atoms with Gasteiger partial charge in [-0.15, -0.1) is 0 Å². The zero-order valence-corrected chi connectivity index (χ0v) is 8.83. The van der Waals surface area contributed by atoms with Gasteiger partial charge in [0, 0.05) is 18.5 Å². The Bertz CT molecular complexity index is 390. The van der Waals surface area contributed by atoms with E-state index in [0.717, 1.165) is 17.1 Å². The van der Waals surface area contributed by atoms with Crippen molar-refractivity contribution >= 4 is 17.3 Å². The van der Waals surface area contributed by atoms with Crippen LogP contribution < -0.4 is 15.4 Å². The monoisotopic (exact) mass is 206 g/mol. The molecule has 0 bridgehead atoms. The predicted molar refractivity (Wildman–Crippen MR) is 59.3 cm³/mol. The van der Waals surface area contributed by atoms with Gasteiger partial charge < -0.3 is 15.4 Å². The zero-order chi connectivity index (χ0) is 10.8. The first-order valence-corrected chi connectivity index (χ1v) is 4.93. The quantitative estimate of drug-likeness (QED) is 0.737. The van der Waals surface area contributed by atoms with Gasteiger partial charge in [-0.25, -0.2) is 0 Å². The van der Waals surface area contributed by atoms with Crippen LogP contribution in [0.1, 0.15) is 13.3 Å². The summed E-state index contributed by atoms with van der Waals surface area (Å²) in [5.74, 6) is 0.823. The highest BCUT2D eigenvalue weighted by atomic mass is 16.5. The van der Waals surface area contributed by atoms with Gasteiger partial charge in [0.15, 0.2) is 0 Å². The molecule has 0 spiro atoms. The fraction of sp³-hybridized carbons (Fsp3) is 0.364. The number of carbonyl (C=O) groups excluding carboxylic acids is 1. The Morgan fingerprint density at radius 3 is 2.93 bits per heavy atom. The van der Waals surface area contributed by atoms with E-state index >= 15 is 0 Å². The van der Waals surface area contributed by atoms with Crippen molar-refractivity contribution in [3.05, 3.63) is 18.2 Å². The molecule has 0 saturated carbocycles. The van der Waals surface area contributed by atoms with Crippen molar-refractivity contribution in [3.8, 4) is 5.75 Å². The Morgan fingerprint density at radius 1 is 1.40 bits per heavy atom. The fourth-order valence-electron chi connectivity index (χ4n) is 1.67. The maximum absolute atomic E-state index is 11.4. The average Bonchev–Trinajstić information content (AvgIpc) is 2.33. The summed E-state index contributed by atoms with van der Waals surface area (Å²) in [5, 5.41) is 6.11. The van der Waals surface area contributed by atoms with Crippen molar-refractivity contribution in [2.45, 2.75) is 19.4 Å². The minimum absolute atomic E-state index is 0.0407. The van der Waals surface area contributed by atoms with Crippen LogP contribution in [0.5, 0.6) is 5.75 Å². The van der Waals surface area contributed by atoms with Crippen LogP contribution in [0.4, 0.5) is 11.4 Å². The second-order valence-corrected chi connectivity index (χ2v) is 3.71. The largest absolute Gasteiger partial charge is 0.497 e. The highest BCUT2D eigenvalue weighted by Crippen LogP contribution is 2.29. The molecule has 4 heteroatoms. The van der Waals surface area contributed by atoms with Crippen molar-refractivity contribution in [2.75, 3.05) is 17.7 Å². The van der Waals surface area contributed by atoms with Crippen LogP contribution in [0.15, 0.2) is 18.2 Å². The summed E-state index contributed by atoms with van der Waals surface area (Å²) in [7, 11) is 1.63. The van der Waals surface area contributed by atoms with Crippen molar-refractivity contribution in [2.24, 2.45) is 0 Å². The maximum Gasteiger partial charge on any atom is 0.226 e. The molecule has 1 aromatic carbocycles. The maximum atomic E-state index is 11.4. The summed E-state index contributed by atoms with van der Waals surface area (Å²) in [6.07, 6.45) is 0.483. The molecule has 1 atom stereocenters. The molecule has 0 aromatic heterocycles. The Balaban J connectivity index is 2.37. The predicted octanol–water partition coefficient (Wildman–Crippen LogP) is 1.84. The first-order valence-electron chi connectivity index (χ1n) is 4.93. The van der Waals surface area contributed by atoms with Gasteiger partial charge in [-0.05, 0) is 19.1 Å². The number of ether oxygens (including phenoxy) is 1. The summed E-state index contributed by atoms with van der Waals surface area (Å²) in [6.45, 7) is 1.98. The molecular weight excluding hydrogens is 192 g/mol. The van der Waals surface area contributed by atoms with Gasteiger partial charge in [-0.1, -0.05) is 0 Å². The van der Waals surface area contributed by atoms with E-state index in [1.165, 1.54) is 0 Å². The lowest BCUT2D eigenvalue weighted by Crippen LogP contribution is -2.18. The molecule has 2 rings (SSSR count). The van der Waals surface area contributed by atoms with Crippen LogP contribution in [0.25, 0.3) is 0 Å². The number of fused-ring (bicyclic) bond motifs is 1. The van der Waals surface area contributed by atoms with Gasteiger partial charge in [0.05, 0.1) is 18.5 Å². The van der Waals surface area contributed by atoms with E-state index < -0.39 is 0 Å². The minimum atomic E-state index is 0.0407. The second-order valence-electron chi connectivity index (χ2n) is 3.71. The molecule has 1 aromatic rings. The number of hydrogen-bond acceptors (Lipinski definition) is 3. The molecule has 0 radical (unpaired) electrons. The summed E-state index contributed by atoms with van der Waals surface area (Å²) in [6, 6.07) is 5.70. The van der Waals surface area contributed by atoms with Gasteiger partial charge in [0.2, 0.25) is 5.91 Å². The van der Waals surface area contributed by atoms with E-state index in [9.17, 15) is 4.79 Å². The van der Waals surface area contributed by atoms with E-state index in [2.05, 4.69) is 10.6 Å². The van der Waals surface area contributed by atoms with Gasteiger partial charge in [-0.2, -0.15) is 0 Å². The third kappa shape index (κ3) is 2.03. The minimum Gasteiger partial charge on any atom is -0.497 e. The van der Waals surface area contributed by atoms with Crippen molar-refractivity contribution in [1.29, 1.82) is 0 Å². The fourth-order valence-corrected chi connectivity index (χ4v) is 1.67. The molecular formula is C11H14N2O2. The normalized spacial score (nSPS) is 19.6. The van der Waals surface area contributed by atoms with E-state index in [-0.39, 0.29) is 11.9 Å². The van der Waals surface area contributed by atoms with Gasteiger partial charge >= 0.3 is 0 Å². The summed E-state index contributed by atoms with van der Waals surface area (Å²) in [4.78, 5) is 11.4. The number of nitrogens with one attached hydrogen (secondary N) is 2. The van der Waals surface area contributed by atoms with Gasteiger partial charge in [0.1, 0.15) is 5.75 Å². The van der Waals surface area contributed by atoms with E-state index in [4.69, 9.17) is 4.74 Å². The third-order valence-corrected chi connectivity index (χ3v) is 2.39. The van der Waals surface area contributed by atoms with E-state index in [0.29, 0.717) is 6.42 Å². The second kappa shape index (κ2) is 3.81. The smallest absolute Gasteiger partial charge is 0.226 e. The lowest BCUT2D eigenvalue weighted by Gasteiger charge is -2.12. The molecule has 4 nitrogen and oxygen atoms in total. The number of hydrogen-bond donors (Lipinski definition) is 2. The first kappa shape index (κ1) is 9.83. The molecule has 1 aliphatic rings. The third-order valence-electron chi connectivity index (χ3n) is 2.39. The number of anilines is 2. The molecule has 2 N–H and O–H groups in total. The number of methoxy groups -OCH3 is 1. The van der Waals surface area contributed by atoms with Crippen LogP contribution in [-0.2, 0) is 4.79 Å². The Morgan fingerprint density at radius 2 is 2.20 bits per heavy atom.